The maximum atomic E-state index is 12.1. The summed E-state index contributed by atoms with van der Waals surface area (Å²) in [6, 6.07) is 1.66. The summed E-state index contributed by atoms with van der Waals surface area (Å²) in [6.45, 7) is 3.45. The highest BCUT2D eigenvalue weighted by Crippen LogP contribution is 2.62. The van der Waals surface area contributed by atoms with Gasteiger partial charge in [-0.05, 0) is 24.7 Å². The summed E-state index contributed by atoms with van der Waals surface area (Å²) in [5.41, 5.74) is 1.21. The van der Waals surface area contributed by atoms with Crippen LogP contribution >= 0.6 is 0 Å². The van der Waals surface area contributed by atoms with Gasteiger partial charge >= 0.3 is 17.9 Å². The monoisotopic (exact) mass is 492 g/mol. The van der Waals surface area contributed by atoms with Gasteiger partial charge in [0, 0.05) is 49.8 Å². The fourth-order valence-electron chi connectivity index (χ4n) is 6.03. The second-order valence-corrected chi connectivity index (χ2v) is 9.20. The summed E-state index contributed by atoms with van der Waals surface area (Å²) >= 11 is 0. The molecule has 35 heavy (non-hydrogen) atoms. The molecule has 1 saturated carbocycles. The molecule has 2 fully saturated rings. The maximum absolute atomic E-state index is 12.1. The molecule has 0 radical (unpaired) electrons. The Hall–Kier alpha value is -2.85. The van der Waals surface area contributed by atoms with Gasteiger partial charge < -0.3 is 33.2 Å². The van der Waals surface area contributed by atoms with Crippen molar-refractivity contribution in [3.05, 3.63) is 17.2 Å². The average molecular weight is 493 g/mol. The number of benzene rings is 1. The van der Waals surface area contributed by atoms with Crippen LogP contribution in [0.2, 0.25) is 0 Å². The highest BCUT2D eigenvalue weighted by molar-refractivity contribution is 5.74. The van der Waals surface area contributed by atoms with Gasteiger partial charge in [0.25, 0.3) is 0 Å². The van der Waals surface area contributed by atoms with Gasteiger partial charge in [-0.2, -0.15) is 0 Å². The van der Waals surface area contributed by atoms with Crippen molar-refractivity contribution in [3.63, 3.8) is 0 Å². The van der Waals surface area contributed by atoms with E-state index < -0.39 is 23.8 Å². The second kappa shape index (κ2) is 10.0. The Bertz CT molecular complexity index is 996. The van der Waals surface area contributed by atoms with E-state index >= 15 is 0 Å². The molecule has 10 nitrogen and oxygen atoms in total. The predicted octanol–water partition coefficient (Wildman–Crippen LogP) is 3.05. The second-order valence-electron chi connectivity index (χ2n) is 9.20. The molecule has 0 N–H and O–H groups in total. The summed E-state index contributed by atoms with van der Waals surface area (Å²) in [6.07, 6.45) is 1.09. The topological polar surface area (TPSA) is 116 Å². The van der Waals surface area contributed by atoms with Crippen molar-refractivity contribution in [3.8, 4) is 17.2 Å². The summed E-state index contributed by atoms with van der Waals surface area (Å²) in [5, 5.41) is 0. The lowest BCUT2D eigenvalue weighted by molar-refractivity contribution is -0.220. The van der Waals surface area contributed by atoms with E-state index in [-0.39, 0.29) is 41.6 Å². The van der Waals surface area contributed by atoms with Gasteiger partial charge in [-0.25, -0.2) is 0 Å². The molecule has 1 aromatic rings. The van der Waals surface area contributed by atoms with Crippen molar-refractivity contribution in [2.75, 3.05) is 34.5 Å². The molecule has 10 heteroatoms. The molecule has 0 amide bonds. The zero-order valence-electron chi connectivity index (χ0n) is 20.7. The Morgan fingerprint density at radius 3 is 2.23 bits per heavy atom. The molecule has 1 heterocycles. The van der Waals surface area contributed by atoms with Crippen molar-refractivity contribution >= 4 is 17.9 Å². The van der Waals surface area contributed by atoms with Gasteiger partial charge in [0.05, 0.1) is 34.5 Å². The standard InChI is InChI=1S/C25H32O10/c1-13(26)34-18-10-16-8-15(9-20(28)31-5)12-25(32-6-7-33-25)23(16)21-17(29-3)11-19(30-4)24(22(18)21)35-14(2)27/h11,15-16,18,23H,6-10,12H2,1-5H3. The quantitative estimate of drug-likeness (QED) is 0.433. The number of rotatable bonds is 6. The number of ether oxygens (including phenoxy) is 7. The first-order chi connectivity index (χ1) is 16.7. The molecular formula is C25H32O10. The molecule has 1 aromatic carbocycles. The summed E-state index contributed by atoms with van der Waals surface area (Å²) in [7, 11) is 4.37. The third kappa shape index (κ3) is 4.69. The van der Waals surface area contributed by atoms with E-state index in [1.807, 2.05) is 0 Å². The molecule has 3 aliphatic rings. The molecule has 192 valence electrons. The lowest BCUT2D eigenvalue weighted by Gasteiger charge is -2.51. The Morgan fingerprint density at radius 1 is 0.971 bits per heavy atom. The van der Waals surface area contributed by atoms with Gasteiger partial charge in [-0.15, -0.1) is 0 Å². The van der Waals surface area contributed by atoms with Crippen LogP contribution < -0.4 is 14.2 Å². The van der Waals surface area contributed by atoms with Gasteiger partial charge in [0.15, 0.2) is 17.3 Å². The molecule has 4 unspecified atom stereocenters. The number of hydrogen-bond acceptors (Lipinski definition) is 10. The number of carbonyl (C=O) groups excluding carboxylic acids is 3. The van der Waals surface area contributed by atoms with Crippen molar-refractivity contribution in [2.24, 2.45) is 11.8 Å². The highest BCUT2D eigenvalue weighted by atomic mass is 16.7. The van der Waals surface area contributed by atoms with Crippen LogP contribution in [0.15, 0.2) is 6.07 Å². The van der Waals surface area contributed by atoms with E-state index in [9.17, 15) is 14.4 Å². The minimum Gasteiger partial charge on any atom is -0.496 e. The van der Waals surface area contributed by atoms with Crippen LogP contribution in [0.3, 0.4) is 0 Å². The molecule has 4 atom stereocenters. The molecule has 0 aromatic heterocycles. The van der Waals surface area contributed by atoms with E-state index in [0.717, 1.165) is 0 Å². The first-order valence-electron chi connectivity index (χ1n) is 11.7. The van der Waals surface area contributed by atoms with Crippen molar-refractivity contribution in [2.45, 2.75) is 57.3 Å². The highest BCUT2D eigenvalue weighted by Gasteiger charge is 2.58. The van der Waals surface area contributed by atoms with Gasteiger partial charge in [-0.1, -0.05) is 0 Å². The lowest BCUT2D eigenvalue weighted by Crippen LogP contribution is -2.50. The molecule has 1 spiro atoms. The van der Waals surface area contributed by atoms with Crippen molar-refractivity contribution < 1.29 is 47.5 Å². The Morgan fingerprint density at radius 2 is 1.66 bits per heavy atom. The van der Waals surface area contributed by atoms with E-state index in [0.29, 0.717) is 49.4 Å². The third-order valence-electron chi connectivity index (χ3n) is 7.04. The summed E-state index contributed by atoms with van der Waals surface area (Å²) in [5.74, 6) is -1.77. The fraction of sp³-hybridized carbons (Fsp3) is 0.640. The summed E-state index contributed by atoms with van der Waals surface area (Å²) in [4.78, 5) is 36.3. The summed E-state index contributed by atoms with van der Waals surface area (Å²) < 4.78 is 40.1. The van der Waals surface area contributed by atoms with Crippen molar-refractivity contribution in [1.82, 2.24) is 0 Å². The van der Waals surface area contributed by atoms with Gasteiger partial charge in [0.1, 0.15) is 11.9 Å². The van der Waals surface area contributed by atoms with E-state index in [4.69, 9.17) is 33.2 Å². The molecule has 4 rings (SSSR count). The maximum Gasteiger partial charge on any atom is 0.308 e. The van der Waals surface area contributed by atoms with Crippen LogP contribution in [0, 0.1) is 11.8 Å². The third-order valence-corrected chi connectivity index (χ3v) is 7.04. The number of hydrogen-bond donors (Lipinski definition) is 0. The largest absolute Gasteiger partial charge is 0.496 e. The van der Waals surface area contributed by atoms with Crippen LogP contribution in [-0.2, 0) is 33.3 Å². The van der Waals surface area contributed by atoms with Crippen LogP contribution in [0.4, 0.5) is 0 Å². The minimum absolute atomic E-state index is 0.0430. The zero-order chi connectivity index (χ0) is 25.3. The average Bonchev–Trinajstić information content (AvgIpc) is 3.26. The van der Waals surface area contributed by atoms with E-state index in [2.05, 4.69) is 0 Å². The molecule has 1 saturated heterocycles. The van der Waals surface area contributed by atoms with Gasteiger partial charge in [0.2, 0.25) is 0 Å². The van der Waals surface area contributed by atoms with Crippen LogP contribution in [0.1, 0.15) is 62.7 Å². The van der Waals surface area contributed by atoms with Crippen LogP contribution in [-0.4, -0.2) is 58.2 Å². The predicted molar refractivity (Wildman–Crippen MR) is 120 cm³/mol. The Balaban J connectivity index is 1.92. The first-order valence-corrected chi connectivity index (χ1v) is 11.7. The van der Waals surface area contributed by atoms with Crippen LogP contribution in [0.25, 0.3) is 0 Å². The van der Waals surface area contributed by atoms with Gasteiger partial charge in [-0.3, -0.25) is 14.4 Å². The lowest BCUT2D eigenvalue weighted by atomic mass is 9.60. The number of carbonyl (C=O) groups is 3. The number of fused-ring (bicyclic) bond motifs is 4. The number of esters is 3. The first kappa shape index (κ1) is 25.2. The molecule has 0 bridgehead atoms. The minimum atomic E-state index is -1.01. The normalized spacial score (nSPS) is 26.3. The smallest absolute Gasteiger partial charge is 0.308 e. The fourth-order valence-corrected chi connectivity index (χ4v) is 6.03. The Labute approximate surface area is 204 Å². The number of methoxy groups -OCH3 is 3. The molecular weight excluding hydrogens is 460 g/mol. The Kier molecular flexibility index (Phi) is 7.23. The van der Waals surface area contributed by atoms with Crippen LogP contribution in [0.5, 0.6) is 17.2 Å². The van der Waals surface area contributed by atoms with E-state index in [1.165, 1.54) is 35.2 Å². The van der Waals surface area contributed by atoms with E-state index in [1.54, 1.807) is 6.07 Å². The molecule has 2 aliphatic carbocycles. The van der Waals surface area contributed by atoms with Crippen molar-refractivity contribution in [1.29, 1.82) is 0 Å². The SMILES string of the molecule is COC(=O)CC1CC2CC(OC(C)=O)c3c(OC(C)=O)c(OC)cc(OC)c3C2C2(C1)OCCO2. The zero-order valence-corrected chi connectivity index (χ0v) is 20.7. The molecule has 1 aliphatic heterocycles.